The lowest BCUT2D eigenvalue weighted by atomic mass is 9.58. The Labute approximate surface area is 203 Å². The van der Waals surface area contributed by atoms with Crippen molar-refractivity contribution in [2.45, 2.75) is 11.7 Å². The Morgan fingerprint density at radius 1 is 1.14 bits per heavy atom. The molecule has 0 bridgehead atoms. The van der Waals surface area contributed by atoms with E-state index in [1.165, 1.54) is 39.6 Å². The maximum atomic E-state index is 14.6. The molecule has 0 saturated carbocycles. The molecular weight excluding hydrogens is 482 g/mol. The topological polar surface area (TPSA) is 117 Å². The lowest BCUT2D eigenvalue weighted by Crippen LogP contribution is -2.47. The maximum Gasteiger partial charge on any atom is 0.573 e. The van der Waals surface area contributed by atoms with Crippen LogP contribution in [-0.4, -0.2) is 54.7 Å². The molecule has 0 spiro atoms. The van der Waals surface area contributed by atoms with Crippen LogP contribution in [0.3, 0.4) is 0 Å². The van der Waals surface area contributed by atoms with E-state index >= 15 is 0 Å². The van der Waals surface area contributed by atoms with Crippen molar-refractivity contribution in [3.63, 3.8) is 0 Å². The first kappa shape index (κ1) is 24.8. The molecule has 0 atom stereocenters. The molecule has 3 aromatic heterocycles. The Kier molecular flexibility index (Phi) is 6.24. The van der Waals surface area contributed by atoms with Crippen LogP contribution in [0.25, 0.3) is 16.8 Å². The number of hydrogen-bond acceptors (Lipinski definition) is 7. The summed E-state index contributed by atoms with van der Waals surface area (Å²) in [5, 5.41) is 5.19. The van der Waals surface area contributed by atoms with Gasteiger partial charge in [0.2, 0.25) is 11.8 Å². The summed E-state index contributed by atoms with van der Waals surface area (Å²) < 4.78 is 63.0. The van der Waals surface area contributed by atoms with Crippen molar-refractivity contribution in [3.05, 3.63) is 65.7 Å². The SMILES string of the molecule is BC(B)(NC(=O)c1cc(-c2ccn3nc(N)nc3c2)cnc1OC)c1cc(OC(F)(F)F)ccc1F. The number of benzene rings is 1. The number of hydrogen-bond donors (Lipinski definition) is 2. The molecule has 4 aromatic rings. The van der Waals surface area contributed by atoms with E-state index in [0.717, 1.165) is 18.2 Å². The lowest BCUT2D eigenvalue weighted by Gasteiger charge is -2.28. The van der Waals surface area contributed by atoms with Gasteiger partial charge in [0.15, 0.2) is 5.65 Å². The van der Waals surface area contributed by atoms with E-state index in [9.17, 15) is 22.4 Å². The normalized spacial score (nSPS) is 11.9. The lowest BCUT2D eigenvalue weighted by molar-refractivity contribution is -0.274. The molecule has 0 radical (unpaired) electrons. The third-order valence-corrected chi connectivity index (χ3v) is 5.25. The minimum Gasteiger partial charge on any atom is -0.480 e. The quantitative estimate of drug-likeness (QED) is 0.302. The number of aromatic nitrogens is 4. The predicted molar refractivity (Wildman–Crippen MR) is 126 cm³/mol. The van der Waals surface area contributed by atoms with Crippen LogP contribution in [0.5, 0.6) is 11.6 Å². The number of alkyl halides is 3. The second-order valence-corrected chi connectivity index (χ2v) is 8.24. The monoisotopic (exact) mass is 500 g/mol. The highest BCUT2D eigenvalue weighted by Gasteiger charge is 2.33. The molecule has 0 aliphatic heterocycles. The van der Waals surface area contributed by atoms with E-state index < -0.39 is 29.2 Å². The van der Waals surface area contributed by atoms with Crippen LogP contribution in [0.15, 0.2) is 48.8 Å². The van der Waals surface area contributed by atoms with Gasteiger partial charge in [0, 0.05) is 23.3 Å². The molecule has 1 aromatic carbocycles. The molecule has 3 N–H and O–H groups in total. The Hall–Kier alpha value is -4.29. The molecule has 0 saturated heterocycles. The van der Waals surface area contributed by atoms with Crippen LogP contribution < -0.4 is 20.5 Å². The van der Waals surface area contributed by atoms with Gasteiger partial charge in [0.05, 0.1) is 7.11 Å². The van der Waals surface area contributed by atoms with Crippen LogP contribution in [0.2, 0.25) is 0 Å². The molecule has 0 aliphatic rings. The summed E-state index contributed by atoms with van der Waals surface area (Å²) in [6.45, 7) is 0. The summed E-state index contributed by atoms with van der Waals surface area (Å²) in [7, 11) is 4.20. The number of carbonyl (C=O) groups excluding carboxylic acids is 1. The second kappa shape index (κ2) is 9.06. The number of nitrogens with one attached hydrogen (secondary N) is 1. The van der Waals surface area contributed by atoms with Crippen LogP contribution in [0, 0.1) is 5.82 Å². The summed E-state index contributed by atoms with van der Waals surface area (Å²) in [4.78, 5) is 21.5. The van der Waals surface area contributed by atoms with E-state index in [4.69, 9.17) is 10.5 Å². The number of methoxy groups -OCH3 is 1. The average Bonchev–Trinajstić information content (AvgIpc) is 3.17. The zero-order chi connectivity index (χ0) is 26.3. The number of pyridine rings is 2. The van der Waals surface area contributed by atoms with Gasteiger partial charge in [-0.05, 0) is 47.5 Å². The smallest absolute Gasteiger partial charge is 0.480 e. The molecule has 184 valence electrons. The second-order valence-electron chi connectivity index (χ2n) is 8.24. The number of anilines is 1. The molecular formula is C21H18B2F4N6O3. The van der Waals surface area contributed by atoms with Gasteiger partial charge in [-0.15, -0.1) is 18.3 Å². The van der Waals surface area contributed by atoms with Crippen LogP contribution in [0.4, 0.5) is 23.5 Å². The zero-order valence-corrected chi connectivity index (χ0v) is 19.2. The summed E-state index contributed by atoms with van der Waals surface area (Å²) in [5.41, 5.74) is 7.10. The number of nitrogen functional groups attached to an aromatic ring is 1. The number of rotatable bonds is 6. The molecule has 3 heterocycles. The maximum absolute atomic E-state index is 14.6. The number of nitrogens with two attached hydrogens (primary N) is 1. The van der Waals surface area contributed by atoms with Crippen LogP contribution in [-0.2, 0) is 5.34 Å². The van der Waals surface area contributed by atoms with E-state index in [2.05, 4.69) is 25.1 Å². The molecule has 1 amide bonds. The van der Waals surface area contributed by atoms with Gasteiger partial charge in [-0.3, -0.25) is 4.79 Å². The fraction of sp³-hybridized carbons (Fsp3) is 0.143. The molecule has 36 heavy (non-hydrogen) atoms. The summed E-state index contributed by atoms with van der Waals surface area (Å²) in [6.07, 6.45) is -1.83. The minimum atomic E-state index is -4.96. The van der Waals surface area contributed by atoms with E-state index in [1.54, 1.807) is 18.3 Å². The minimum absolute atomic E-state index is 0.00511. The van der Waals surface area contributed by atoms with E-state index in [0.29, 0.717) is 16.8 Å². The van der Waals surface area contributed by atoms with Crippen molar-refractivity contribution >= 4 is 33.2 Å². The van der Waals surface area contributed by atoms with E-state index in [1.807, 2.05) is 0 Å². The number of carbonyl (C=O) groups is 1. The van der Waals surface area contributed by atoms with Gasteiger partial charge in [0.1, 0.15) is 32.8 Å². The molecule has 15 heteroatoms. The standard InChI is InChI=1S/C21H18B2F4N6O3/c1-35-18-13(6-11(9-29-18)10-4-5-33-16(7-10)30-19(28)32-33)17(34)31-20(22,23)14-8-12(2-3-15(14)24)36-21(25,26)27/h2-9H,22-23H2,1H3,(H2,28,32)(H,31,34). The largest absolute Gasteiger partial charge is 0.573 e. The summed E-state index contributed by atoms with van der Waals surface area (Å²) in [6, 6.07) is 7.50. The zero-order valence-electron chi connectivity index (χ0n) is 19.2. The average molecular weight is 500 g/mol. The van der Waals surface area contributed by atoms with Gasteiger partial charge in [-0.1, -0.05) is 0 Å². The Morgan fingerprint density at radius 3 is 2.58 bits per heavy atom. The van der Waals surface area contributed by atoms with Gasteiger partial charge in [-0.25, -0.2) is 13.9 Å². The van der Waals surface area contributed by atoms with Crippen molar-refractivity contribution in [2.75, 3.05) is 12.8 Å². The molecule has 4 rings (SSSR count). The molecule has 0 fully saturated rings. The third-order valence-electron chi connectivity index (χ3n) is 5.25. The third kappa shape index (κ3) is 5.19. The number of fused-ring (bicyclic) bond motifs is 1. The highest BCUT2D eigenvalue weighted by molar-refractivity contribution is 6.41. The van der Waals surface area contributed by atoms with Gasteiger partial charge >= 0.3 is 6.36 Å². The fourth-order valence-electron chi connectivity index (χ4n) is 3.61. The van der Waals surface area contributed by atoms with Crippen LogP contribution in [0.1, 0.15) is 15.9 Å². The first-order chi connectivity index (χ1) is 16.9. The Bertz CT molecular complexity index is 1460. The number of nitrogens with zero attached hydrogens (tertiary/aromatic N) is 4. The highest BCUT2D eigenvalue weighted by Crippen LogP contribution is 2.30. The first-order valence-corrected chi connectivity index (χ1v) is 10.4. The van der Waals surface area contributed by atoms with E-state index in [-0.39, 0.29) is 23.0 Å². The number of ether oxygens (including phenoxy) is 2. The van der Waals surface area contributed by atoms with Crippen molar-refractivity contribution in [1.82, 2.24) is 24.9 Å². The molecule has 0 aliphatic carbocycles. The molecule has 9 nitrogen and oxygen atoms in total. The Balaban J connectivity index is 1.66. The van der Waals surface area contributed by atoms with Crippen molar-refractivity contribution in [2.24, 2.45) is 0 Å². The fourth-order valence-corrected chi connectivity index (χ4v) is 3.61. The van der Waals surface area contributed by atoms with Gasteiger partial charge < -0.3 is 20.5 Å². The van der Waals surface area contributed by atoms with Crippen LogP contribution >= 0.6 is 0 Å². The summed E-state index contributed by atoms with van der Waals surface area (Å²) >= 11 is 0. The summed E-state index contributed by atoms with van der Waals surface area (Å²) in [5.74, 6) is -2.05. The molecule has 0 unspecified atom stereocenters. The van der Waals surface area contributed by atoms with Crippen molar-refractivity contribution in [1.29, 1.82) is 0 Å². The van der Waals surface area contributed by atoms with Crippen molar-refractivity contribution < 1.29 is 31.8 Å². The van der Waals surface area contributed by atoms with Gasteiger partial charge in [-0.2, -0.15) is 4.98 Å². The first-order valence-electron chi connectivity index (χ1n) is 10.4. The number of halogens is 4. The van der Waals surface area contributed by atoms with Gasteiger partial charge in [0.25, 0.3) is 5.91 Å². The Morgan fingerprint density at radius 2 is 1.89 bits per heavy atom. The van der Waals surface area contributed by atoms with Crippen molar-refractivity contribution in [3.8, 4) is 22.8 Å². The number of amides is 1. The highest BCUT2D eigenvalue weighted by atomic mass is 19.4. The predicted octanol–water partition coefficient (Wildman–Crippen LogP) is 1.23.